The third-order valence-corrected chi connectivity index (χ3v) is 5.32. The quantitative estimate of drug-likeness (QED) is 0.628. The highest BCUT2D eigenvalue weighted by atomic mass is 16.6. The number of benzene rings is 1. The molecule has 2 atom stereocenters. The van der Waals surface area contributed by atoms with Gasteiger partial charge in [0.05, 0.1) is 23.8 Å². The molecule has 1 aromatic carbocycles. The van der Waals surface area contributed by atoms with Gasteiger partial charge in [-0.15, -0.1) is 0 Å². The van der Waals surface area contributed by atoms with E-state index in [1.807, 2.05) is 5.01 Å². The maximum Gasteiger partial charge on any atom is 0.269 e. The van der Waals surface area contributed by atoms with Crippen LogP contribution in [0.15, 0.2) is 34.6 Å². The van der Waals surface area contributed by atoms with Gasteiger partial charge in [0, 0.05) is 25.2 Å². The van der Waals surface area contributed by atoms with Gasteiger partial charge in [-0.3, -0.25) is 15.0 Å². The lowest BCUT2D eigenvalue weighted by Gasteiger charge is -2.51. The minimum atomic E-state index is -0.379. The highest BCUT2D eigenvalue weighted by Crippen LogP contribution is 2.45. The summed E-state index contributed by atoms with van der Waals surface area (Å²) in [6.45, 7) is 3.18. The highest BCUT2D eigenvalue weighted by molar-refractivity contribution is 5.53. The number of nitro groups is 1. The molecule has 1 saturated carbocycles. The van der Waals surface area contributed by atoms with Crippen LogP contribution in [0.4, 0.5) is 11.4 Å². The normalized spacial score (nSPS) is 30.3. The molecular weight excluding hydrogens is 310 g/mol. The van der Waals surface area contributed by atoms with Crippen molar-refractivity contribution < 1.29 is 9.66 Å². The first-order valence-corrected chi connectivity index (χ1v) is 8.50. The van der Waals surface area contributed by atoms with Crippen molar-refractivity contribution in [3.63, 3.8) is 0 Å². The number of morpholine rings is 1. The van der Waals surface area contributed by atoms with Gasteiger partial charge in [-0.05, 0) is 31.4 Å². The summed E-state index contributed by atoms with van der Waals surface area (Å²) in [5.74, 6) is 0. The van der Waals surface area contributed by atoms with E-state index in [4.69, 9.17) is 4.74 Å². The SMILES string of the molecule is O=[N+]([O-])c1ccc(N2N=N[C@@H]3CCCC[C@]32N2CCOCC2)cc1. The highest BCUT2D eigenvalue weighted by Gasteiger charge is 2.54. The zero-order valence-corrected chi connectivity index (χ0v) is 13.5. The van der Waals surface area contributed by atoms with Crippen molar-refractivity contribution in [1.29, 1.82) is 0 Å². The Hall–Kier alpha value is -2.06. The molecule has 0 bridgehead atoms. The molecule has 128 valence electrons. The minimum Gasteiger partial charge on any atom is -0.379 e. The number of anilines is 1. The lowest BCUT2D eigenvalue weighted by atomic mass is 9.82. The predicted molar refractivity (Wildman–Crippen MR) is 87.8 cm³/mol. The van der Waals surface area contributed by atoms with Gasteiger partial charge in [0.25, 0.3) is 5.69 Å². The van der Waals surface area contributed by atoms with E-state index in [0.717, 1.165) is 51.3 Å². The molecule has 1 aliphatic carbocycles. The Kier molecular flexibility index (Phi) is 3.93. The van der Waals surface area contributed by atoms with Gasteiger partial charge >= 0.3 is 0 Å². The van der Waals surface area contributed by atoms with Crippen LogP contribution in [0.1, 0.15) is 25.7 Å². The van der Waals surface area contributed by atoms with E-state index < -0.39 is 0 Å². The van der Waals surface area contributed by atoms with Crippen LogP contribution in [0, 0.1) is 10.1 Å². The van der Waals surface area contributed by atoms with Crippen LogP contribution in [0.25, 0.3) is 0 Å². The zero-order valence-electron chi connectivity index (χ0n) is 13.5. The summed E-state index contributed by atoms with van der Waals surface area (Å²) in [7, 11) is 0. The van der Waals surface area contributed by atoms with Gasteiger partial charge in [0.2, 0.25) is 0 Å². The molecule has 8 nitrogen and oxygen atoms in total. The molecule has 0 aromatic heterocycles. The average molecular weight is 331 g/mol. The Bertz CT molecular complexity index is 644. The second kappa shape index (κ2) is 6.10. The third kappa shape index (κ3) is 2.37. The lowest BCUT2D eigenvalue weighted by Crippen LogP contribution is -2.66. The monoisotopic (exact) mass is 331 g/mol. The first-order chi connectivity index (χ1) is 11.7. The summed E-state index contributed by atoms with van der Waals surface area (Å²) in [5.41, 5.74) is 0.703. The summed E-state index contributed by atoms with van der Waals surface area (Å²) in [4.78, 5) is 13.0. The van der Waals surface area contributed by atoms with Crippen molar-refractivity contribution in [3.05, 3.63) is 34.4 Å². The van der Waals surface area contributed by atoms with Crippen LogP contribution in [0.2, 0.25) is 0 Å². The molecular formula is C16H21N5O3. The van der Waals surface area contributed by atoms with Gasteiger partial charge in [-0.1, -0.05) is 11.6 Å². The van der Waals surface area contributed by atoms with E-state index >= 15 is 0 Å². The summed E-state index contributed by atoms with van der Waals surface area (Å²) in [6, 6.07) is 6.77. The first-order valence-electron chi connectivity index (χ1n) is 8.50. The third-order valence-electron chi connectivity index (χ3n) is 5.32. The largest absolute Gasteiger partial charge is 0.379 e. The standard InChI is InChI=1S/C16H21N5O3/c22-21(23)14-6-4-13(5-7-14)20-16(19-9-11-24-12-10-19)8-2-1-3-15(16)17-18-20/h4-7,15H,1-3,8-12H2/t15-,16-/m1/s1. The fourth-order valence-electron chi connectivity index (χ4n) is 4.15. The van der Waals surface area contributed by atoms with Crippen molar-refractivity contribution in [2.75, 3.05) is 31.3 Å². The van der Waals surface area contributed by atoms with Crippen LogP contribution >= 0.6 is 0 Å². The number of fused-ring (bicyclic) bond motifs is 1. The Morgan fingerprint density at radius 2 is 1.96 bits per heavy atom. The molecule has 0 amide bonds. The Morgan fingerprint density at radius 3 is 2.67 bits per heavy atom. The molecule has 0 unspecified atom stereocenters. The fourth-order valence-corrected chi connectivity index (χ4v) is 4.15. The molecule has 1 aromatic rings. The van der Waals surface area contributed by atoms with E-state index in [1.165, 1.54) is 18.6 Å². The molecule has 2 fully saturated rings. The summed E-state index contributed by atoms with van der Waals surface area (Å²) < 4.78 is 5.52. The fraction of sp³-hybridized carbons (Fsp3) is 0.625. The van der Waals surface area contributed by atoms with Crippen molar-refractivity contribution in [2.45, 2.75) is 37.4 Å². The van der Waals surface area contributed by atoms with E-state index in [-0.39, 0.29) is 22.3 Å². The van der Waals surface area contributed by atoms with E-state index in [9.17, 15) is 10.1 Å². The van der Waals surface area contributed by atoms with Crippen molar-refractivity contribution in [2.24, 2.45) is 10.3 Å². The molecule has 2 heterocycles. The van der Waals surface area contributed by atoms with Crippen molar-refractivity contribution in [1.82, 2.24) is 4.90 Å². The van der Waals surface area contributed by atoms with E-state index in [0.29, 0.717) is 0 Å². The van der Waals surface area contributed by atoms with Crippen LogP contribution in [0.5, 0.6) is 0 Å². The van der Waals surface area contributed by atoms with E-state index in [2.05, 4.69) is 15.2 Å². The van der Waals surface area contributed by atoms with Crippen LogP contribution < -0.4 is 5.01 Å². The van der Waals surface area contributed by atoms with Gasteiger partial charge in [0.15, 0.2) is 0 Å². The minimum absolute atomic E-state index is 0.0931. The number of ether oxygens (including phenoxy) is 1. The number of rotatable bonds is 3. The number of hydrogen-bond donors (Lipinski definition) is 0. The Labute approximate surface area is 140 Å². The Balaban J connectivity index is 1.69. The van der Waals surface area contributed by atoms with Gasteiger partial charge < -0.3 is 4.74 Å². The molecule has 0 radical (unpaired) electrons. The molecule has 8 heteroatoms. The summed E-state index contributed by atoms with van der Waals surface area (Å²) >= 11 is 0. The van der Waals surface area contributed by atoms with Gasteiger partial charge in [-0.2, -0.15) is 5.11 Å². The van der Waals surface area contributed by atoms with Gasteiger partial charge in [-0.25, -0.2) is 5.01 Å². The topological polar surface area (TPSA) is 83.6 Å². The van der Waals surface area contributed by atoms with E-state index in [1.54, 1.807) is 12.1 Å². The van der Waals surface area contributed by atoms with Crippen LogP contribution in [0.3, 0.4) is 0 Å². The molecule has 3 aliphatic rings. The second-order valence-corrected chi connectivity index (χ2v) is 6.53. The smallest absolute Gasteiger partial charge is 0.269 e. The number of nitro benzene ring substituents is 1. The zero-order chi connectivity index (χ0) is 16.6. The maximum absolute atomic E-state index is 10.9. The molecule has 2 aliphatic heterocycles. The van der Waals surface area contributed by atoms with Crippen molar-refractivity contribution >= 4 is 11.4 Å². The predicted octanol–water partition coefficient (Wildman–Crippen LogP) is 2.75. The lowest BCUT2D eigenvalue weighted by molar-refractivity contribution is -0.384. The van der Waals surface area contributed by atoms with Gasteiger partial charge in [0.1, 0.15) is 11.7 Å². The number of nitrogens with zero attached hydrogens (tertiary/aromatic N) is 5. The molecule has 24 heavy (non-hydrogen) atoms. The molecule has 0 N–H and O–H groups in total. The summed E-state index contributed by atoms with van der Waals surface area (Å²) in [5, 5.41) is 21.9. The molecule has 1 saturated heterocycles. The van der Waals surface area contributed by atoms with Crippen molar-refractivity contribution in [3.8, 4) is 0 Å². The summed E-state index contributed by atoms with van der Waals surface area (Å²) in [6.07, 6.45) is 4.35. The van der Waals surface area contributed by atoms with Crippen LogP contribution in [-0.4, -0.2) is 47.8 Å². The van der Waals surface area contributed by atoms with Crippen LogP contribution in [-0.2, 0) is 4.74 Å². The number of hydrogen-bond acceptors (Lipinski definition) is 7. The average Bonchev–Trinajstić information content (AvgIpc) is 3.03. The maximum atomic E-state index is 10.9. The molecule has 0 spiro atoms. The Morgan fingerprint density at radius 1 is 1.21 bits per heavy atom. The molecule has 4 rings (SSSR count). The first kappa shape index (κ1) is 15.5. The second-order valence-electron chi connectivity index (χ2n) is 6.53. The number of non-ortho nitro benzene ring substituents is 1.